The Balaban J connectivity index is 1.67. The van der Waals surface area contributed by atoms with Gasteiger partial charge >= 0.3 is 0 Å². The molecule has 1 atom stereocenters. The van der Waals surface area contributed by atoms with E-state index >= 15 is 0 Å². The highest BCUT2D eigenvalue weighted by Crippen LogP contribution is 2.19. The average molecular weight is 211 g/mol. The van der Waals surface area contributed by atoms with Crippen LogP contribution < -0.4 is 5.73 Å². The van der Waals surface area contributed by atoms with Gasteiger partial charge in [0, 0.05) is 26.2 Å². The van der Waals surface area contributed by atoms with E-state index in [2.05, 4.69) is 9.80 Å². The van der Waals surface area contributed by atoms with Crippen LogP contribution in [0.2, 0.25) is 0 Å². The first-order chi connectivity index (χ1) is 7.38. The molecule has 0 saturated carbocycles. The fourth-order valence-electron chi connectivity index (χ4n) is 2.95. The number of hydrogen-bond acceptors (Lipinski definition) is 3. The van der Waals surface area contributed by atoms with Crippen LogP contribution in [0.25, 0.3) is 0 Å². The molecule has 2 aliphatic rings. The highest BCUT2D eigenvalue weighted by Gasteiger charge is 2.24. The van der Waals surface area contributed by atoms with E-state index < -0.39 is 0 Å². The summed E-state index contributed by atoms with van der Waals surface area (Å²) in [6.45, 7) is 8.48. The molecule has 0 aromatic carbocycles. The summed E-state index contributed by atoms with van der Waals surface area (Å²) in [6, 6.07) is 0. The van der Waals surface area contributed by atoms with Crippen LogP contribution in [0.3, 0.4) is 0 Å². The number of likely N-dealkylation sites (tertiary alicyclic amines) is 2. The molecule has 0 bridgehead atoms. The second-order valence-electron chi connectivity index (χ2n) is 5.11. The molecule has 1 unspecified atom stereocenters. The van der Waals surface area contributed by atoms with Crippen molar-refractivity contribution in [3.8, 4) is 0 Å². The third-order valence-electron chi connectivity index (χ3n) is 3.78. The Labute approximate surface area is 93.6 Å². The molecule has 0 spiro atoms. The first-order valence-electron chi connectivity index (χ1n) is 6.53. The van der Waals surface area contributed by atoms with Gasteiger partial charge in [-0.25, -0.2) is 0 Å². The van der Waals surface area contributed by atoms with Gasteiger partial charge in [-0.2, -0.15) is 0 Å². The molecule has 3 heteroatoms. The predicted molar refractivity (Wildman–Crippen MR) is 63.9 cm³/mol. The topological polar surface area (TPSA) is 32.5 Å². The van der Waals surface area contributed by atoms with Crippen molar-refractivity contribution in [3.63, 3.8) is 0 Å². The van der Waals surface area contributed by atoms with E-state index in [0.29, 0.717) is 0 Å². The smallest absolute Gasteiger partial charge is 0.0105 e. The molecule has 2 aliphatic heterocycles. The second kappa shape index (κ2) is 5.83. The molecule has 0 aromatic rings. The summed E-state index contributed by atoms with van der Waals surface area (Å²) < 4.78 is 0. The van der Waals surface area contributed by atoms with Crippen molar-refractivity contribution in [1.29, 1.82) is 0 Å². The maximum absolute atomic E-state index is 5.59. The number of piperidine rings is 1. The Morgan fingerprint density at radius 3 is 2.53 bits per heavy atom. The molecule has 2 saturated heterocycles. The van der Waals surface area contributed by atoms with Gasteiger partial charge in [0.05, 0.1) is 0 Å². The molecular weight excluding hydrogens is 186 g/mol. The van der Waals surface area contributed by atoms with Crippen LogP contribution in [0.15, 0.2) is 0 Å². The maximum atomic E-state index is 5.59. The zero-order chi connectivity index (χ0) is 10.5. The zero-order valence-corrected chi connectivity index (χ0v) is 9.83. The zero-order valence-electron chi connectivity index (χ0n) is 9.83. The first kappa shape index (κ1) is 11.4. The molecule has 15 heavy (non-hydrogen) atoms. The van der Waals surface area contributed by atoms with E-state index in [4.69, 9.17) is 5.73 Å². The quantitative estimate of drug-likeness (QED) is 0.745. The van der Waals surface area contributed by atoms with E-state index in [1.54, 1.807) is 0 Å². The lowest BCUT2D eigenvalue weighted by atomic mass is 10.1. The van der Waals surface area contributed by atoms with Crippen LogP contribution in [-0.2, 0) is 0 Å². The maximum Gasteiger partial charge on any atom is 0.0105 e. The van der Waals surface area contributed by atoms with Crippen molar-refractivity contribution in [2.24, 2.45) is 11.7 Å². The van der Waals surface area contributed by atoms with Gasteiger partial charge in [-0.05, 0) is 44.8 Å². The normalized spacial score (nSPS) is 29.8. The molecule has 0 aromatic heterocycles. The van der Waals surface area contributed by atoms with Crippen LogP contribution in [0, 0.1) is 5.92 Å². The van der Waals surface area contributed by atoms with Crippen LogP contribution in [-0.4, -0.2) is 55.6 Å². The van der Waals surface area contributed by atoms with Gasteiger partial charge in [0.25, 0.3) is 0 Å². The van der Waals surface area contributed by atoms with E-state index in [1.165, 1.54) is 58.4 Å². The number of nitrogens with two attached hydrogens (primary N) is 1. The van der Waals surface area contributed by atoms with Gasteiger partial charge in [-0.15, -0.1) is 0 Å². The van der Waals surface area contributed by atoms with Gasteiger partial charge in [0.1, 0.15) is 0 Å². The Morgan fingerprint density at radius 1 is 1.00 bits per heavy atom. The van der Waals surface area contributed by atoms with Crippen LogP contribution >= 0.6 is 0 Å². The highest BCUT2D eigenvalue weighted by molar-refractivity contribution is 4.79. The van der Waals surface area contributed by atoms with E-state index in [0.717, 1.165) is 19.0 Å². The fraction of sp³-hybridized carbons (Fsp3) is 1.00. The Hall–Kier alpha value is -0.120. The molecule has 0 aliphatic carbocycles. The van der Waals surface area contributed by atoms with Crippen molar-refractivity contribution in [3.05, 3.63) is 0 Å². The fourth-order valence-corrected chi connectivity index (χ4v) is 2.95. The van der Waals surface area contributed by atoms with Gasteiger partial charge in [0.15, 0.2) is 0 Å². The lowest BCUT2D eigenvalue weighted by Gasteiger charge is -2.29. The van der Waals surface area contributed by atoms with Crippen molar-refractivity contribution in [2.75, 3.05) is 45.8 Å². The third kappa shape index (κ3) is 3.44. The summed E-state index contributed by atoms with van der Waals surface area (Å²) in [7, 11) is 0. The SMILES string of the molecule is NCCN1CCC(CN2CCCCC2)C1. The van der Waals surface area contributed by atoms with Crippen molar-refractivity contribution < 1.29 is 0 Å². The molecule has 88 valence electrons. The van der Waals surface area contributed by atoms with Crippen LogP contribution in [0.1, 0.15) is 25.7 Å². The number of hydrogen-bond donors (Lipinski definition) is 1. The number of nitrogens with zero attached hydrogens (tertiary/aromatic N) is 2. The summed E-state index contributed by atoms with van der Waals surface area (Å²) in [6.07, 6.45) is 5.66. The Kier molecular flexibility index (Phi) is 4.42. The molecule has 3 nitrogen and oxygen atoms in total. The summed E-state index contributed by atoms with van der Waals surface area (Å²) in [4.78, 5) is 5.19. The van der Waals surface area contributed by atoms with E-state index in [9.17, 15) is 0 Å². The van der Waals surface area contributed by atoms with Gasteiger partial charge in [0.2, 0.25) is 0 Å². The molecule has 0 radical (unpaired) electrons. The minimum Gasteiger partial charge on any atom is -0.329 e. The van der Waals surface area contributed by atoms with Gasteiger partial charge < -0.3 is 15.5 Å². The Bertz CT molecular complexity index is 178. The van der Waals surface area contributed by atoms with Gasteiger partial charge in [-0.1, -0.05) is 6.42 Å². The summed E-state index contributed by atoms with van der Waals surface area (Å²) >= 11 is 0. The average Bonchev–Trinajstić information content (AvgIpc) is 2.68. The highest BCUT2D eigenvalue weighted by atomic mass is 15.2. The van der Waals surface area contributed by atoms with Crippen molar-refractivity contribution in [2.45, 2.75) is 25.7 Å². The largest absolute Gasteiger partial charge is 0.329 e. The van der Waals surface area contributed by atoms with E-state index in [1.807, 2.05) is 0 Å². The molecule has 2 heterocycles. The predicted octanol–water partition coefficient (Wildman–Crippen LogP) is 0.753. The first-order valence-corrected chi connectivity index (χ1v) is 6.53. The molecule has 0 amide bonds. The van der Waals surface area contributed by atoms with Crippen molar-refractivity contribution >= 4 is 0 Å². The number of rotatable bonds is 4. The summed E-state index contributed by atoms with van der Waals surface area (Å²) in [5, 5.41) is 0. The van der Waals surface area contributed by atoms with Crippen LogP contribution in [0.4, 0.5) is 0 Å². The summed E-state index contributed by atoms with van der Waals surface area (Å²) in [5.41, 5.74) is 5.59. The van der Waals surface area contributed by atoms with E-state index in [-0.39, 0.29) is 0 Å². The lowest BCUT2D eigenvalue weighted by molar-refractivity contribution is 0.194. The minimum atomic E-state index is 0.816. The standard InChI is InChI=1S/C12H25N3/c13-5-9-15-8-4-12(11-15)10-14-6-2-1-3-7-14/h12H,1-11,13H2. The lowest BCUT2D eigenvalue weighted by Crippen LogP contribution is -2.35. The minimum absolute atomic E-state index is 0.816. The Morgan fingerprint density at radius 2 is 1.80 bits per heavy atom. The summed E-state index contributed by atoms with van der Waals surface area (Å²) in [5.74, 6) is 0.912. The molecule has 2 fully saturated rings. The van der Waals surface area contributed by atoms with Gasteiger partial charge in [-0.3, -0.25) is 0 Å². The second-order valence-corrected chi connectivity index (χ2v) is 5.11. The molecule has 2 N–H and O–H groups in total. The monoisotopic (exact) mass is 211 g/mol. The van der Waals surface area contributed by atoms with Crippen LogP contribution in [0.5, 0.6) is 0 Å². The van der Waals surface area contributed by atoms with Crippen molar-refractivity contribution in [1.82, 2.24) is 9.80 Å². The molecule has 2 rings (SSSR count). The third-order valence-corrected chi connectivity index (χ3v) is 3.78. The molecular formula is C12H25N3.